The molecule has 2 unspecified atom stereocenters. The number of alkyl halides is 1. The summed E-state index contributed by atoms with van der Waals surface area (Å²) in [4.78, 5) is 44.5. The van der Waals surface area contributed by atoms with Crippen molar-refractivity contribution in [3.63, 3.8) is 0 Å². The molecule has 1 amide bonds. The molecule has 224 valence electrons. The van der Waals surface area contributed by atoms with Crippen LogP contribution >= 0.6 is 11.6 Å². The fourth-order valence-corrected chi connectivity index (χ4v) is 5.65. The number of rotatable bonds is 16. The van der Waals surface area contributed by atoms with Gasteiger partial charge in [-0.05, 0) is 75.6 Å². The number of carbonyl (C=O) groups excluding carboxylic acids is 1. The van der Waals surface area contributed by atoms with Crippen LogP contribution in [-0.2, 0) is 32.7 Å². The minimum Gasteiger partial charge on any atom is -0.480 e. The number of unbranched alkanes of at least 4 members (excludes halogenated alkanes) is 1. The van der Waals surface area contributed by atoms with E-state index in [9.17, 15) is 23.9 Å². The maximum absolute atomic E-state index is 13.5. The number of amides is 1. The molecule has 1 saturated carbocycles. The van der Waals surface area contributed by atoms with Gasteiger partial charge in [0.15, 0.2) is 0 Å². The number of halogens is 2. The van der Waals surface area contributed by atoms with E-state index >= 15 is 0 Å². The number of aryl methyl sites for hydroxylation is 2. The van der Waals surface area contributed by atoms with Crippen molar-refractivity contribution >= 4 is 29.3 Å². The SMILES string of the molecule is COC(CF)CN(CCCCc1ccc2c(n1)NCCC2)CCC(NC(=O)C1(n2c(Cl)cccc2=O)CC1)C(=O)O. The normalized spacial score (nSPS) is 16.9. The second kappa shape index (κ2) is 14.2. The van der Waals surface area contributed by atoms with Gasteiger partial charge in [0.1, 0.15) is 29.2 Å². The van der Waals surface area contributed by atoms with Gasteiger partial charge in [0.05, 0.1) is 6.10 Å². The summed E-state index contributed by atoms with van der Waals surface area (Å²) >= 11 is 6.22. The third kappa shape index (κ3) is 7.84. The number of hydrogen-bond donors (Lipinski definition) is 3. The molecule has 3 N–H and O–H groups in total. The number of pyridine rings is 2. The fraction of sp³-hybridized carbons (Fsp3) is 0.586. The lowest BCUT2D eigenvalue weighted by molar-refractivity contribution is -0.143. The van der Waals surface area contributed by atoms with Gasteiger partial charge in [-0.15, -0.1) is 0 Å². The zero-order chi connectivity index (χ0) is 29.4. The van der Waals surface area contributed by atoms with Crippen LogP contribution in [0.2, 0.25) is 5.15 Å². The summed E-state index contributed by atoms with van der Waals surface area (Å²) in [7, 11) is 1.45. The van der Waals surface area contributed by atoms with Gasteiger partial charge in [-0.2, -0.15) is 0 Å². The van der Waals surface area contributed by atoms with E-state index in [1.807, 2.05) is 4.90 Å². The molecule has 0 bridgehead atoms. The maximum atomic E-state index is 13.5. The number of nitrogens with zero attached hydrogens (tertiary/aromatic N) is 3. The van der Waals surface area contributed by atoms with E-state index in [1.165, 1.54) is 35.4 Å². The average molecular weight is 592 g/mol. The third-order valence-corrected chi connectivity index (χ3v) is 8.19. The van der Waals surface area contributed by atoms with Crippen molar-refractivity contribution in [2.24, 2.45) is 0 Å². The second-order valence-electron chi connectivity index (χ2n) is 10.8. The third-order valence-electron chi connectivity index (χ3n) is 7.89. The summed E-state index contributed by atoms with van der Waals surface area (Å²) in [6.07, 6.45) is 4.87. The molecule has 3 heterocycles. The first-order valence-corrected chi connectivity index (χ1v) is 14.6. The highest BCUT2D eigenvalue weighted by atomic mass is 35.5. The number of fused-ring (bicyclic) bond motifs is 1. The second-order valence-corrected chi connectivity index (χ2v) is 11.2. The number of carboxylic acids is 1. The van der Waals surface area contributed by atoms with Crippen LogP contribution in [0.4, 0.5) is 10.2 Å². The Morgan fingerprint density at radius 3 is 2.76 bits per heavy atom. The molecule has 4 rings (SSSR count). The van der Waals surface area contributed by atoms with Crippen molar-refractivity contribution in [1.29, 1.82) is 0 Å². The van der Waals surface area contributed by atoms with Crippen molar-refractivity contribution in [1.82, 2.24) is 19.8 Å². The smallest absolute Gasteiger partial charge is 0.326 e. The van der Waals surface area contributed by atoms with Gasteiger partial charge in [0.2, 0.25) is 5.91 Å². The van der Waals surface area contributed by atoms with Crippen LogP contribution in [0.3, 0.4) is 0 Å². The highest BCUT2D eigenvalue weighted by molar-refractivity contribution is 6.29. The molecule has 2 atom stereocenters. The van der Waals surface area contributed by atoms with Crippen LogP contribution in [0.25, 0.3) is 0 Å². The number of aromatic nitrogens is 2. The van der Waals surface area contributed by atoms with E-state index in [1.54, 1.807) is 0 Å². The van der Waals surface area contributed by atoms with Gasteiger partial charge < -0.3 is 25.4 Å². The Morgan fingerprint density at radius 1 is 1.27 bits per heavy atom. The van der Waals surface area contributed by atoms with Crippen molar-refractivity contribution in [2.45, 2.75) is 69.1 Å². The molecule has 10 nitrogen and oxygen atoms in total. The standard InChI is InChI=1S/C29H39ClFN5O5/c1-41-22(18-31)19-35(16-3-2-7-21-11-10-20-6-5-15-32-26(20)33-21)17-12-23(27(38)39)34-28(40)29(13-14-29)36-24(30)8-4-9-25(36)37/h4,8-11,22-23H,2-3,5-7,12-19H2,1H3,(H,32,33)(H,34,40)(H,38,39). The Balaban J connectivity index is 1.34. The van der Waals surface area contributed by atoms with Gasteiger partial charge in [-0.3, -0.25) is 14.2 Å². The molecule has 12 heteroatoms. The van der Waals surface area contributed by atoms with Crippen molar-refractivity contribution in [3.05, 3.63) is 57.1 Å². The largest absolute Gasteiger partial charge is 0.480 e. The van der Waals surface area contributed by atoms with Gasteiger partial charge in [-0.25, -0.2) is 14.2 Å². The Hall–Kier alpha value is -3.02. The number of aliphatic carboxylic acids is 1. The molecule has 0 aromatic carbocycles. The Morgan fingerprint density at radius 2 is 2.07 bits per heavy atom. The number of hydrogen-bond acceptors (Lipinski definition) is 7. The summed E-state index contributed by atoms with van der Waals surface area (Å²) in [6, 6.07) is 7.38. The lowest BCUT2D eigenvalue weighted by Gasteiger charge is -2.28. The van der Waals surface area contributed by atoms with Crippen molar-refractivity contribution in [3.8, 4) is 0 Å². The zero-order valence-electron chi connectivity index (χ0n) is 23.4. The van der Waals surface area contributed by atoms with Crippen LogP contribution in [0.1, 0.15) is 49.8 Å². The maximum Gasteiger partial charge on any atom is 0.326 e. The topological polar surface area (TPSA) is 126 Å². The molecular weight excluding hydrogens is 553 g/mol. The van der Waals surface area contributed by atoms with Crippen LogP contribution in [0, 0.1) is 0 Å². The fourth-order valence-electron chi connectivity index (χ4n) is 5.33. The van der Waals surface area contributed by atoms with Gasteiger partial charge in [0, 0.05) is 38.5 Å². The Labute approximate surface area is 244 Å². The molecule has 2 aliphatic rings. The molecule has 0 saturated heterocycles. The van der Waals surface area contributed by atoms with Crippen LogP contribution in [0.15, 0.2) is 35.1 Å². The molecular formula is C29H39ClFN5O5. The summed E-state index contributed by atoms with van der Waals surface area (Å²) < 4.78 is 19.9. The van der Waals surface area contributed by atoms with Gasteiger partial charge >= 0.3 is 5.97 Å². The Bertz CT molecular complexity index is 1270. The van der Waals surface area contributed by atoms with Gasteiger partial charge in [-0.1, -0.05) is 23.7 Å². The minimum absolute atomic E-state index is 0.106. The molecule has 0 spiro atoms. The van der Waals surface area contributed by atoms with E-state index in [0.717, 1.165) is 50.2 Å². The first-order valence-electron chi connectivity index (χ1n) is 14.2. The zero-order valence-corrected chi connectivity index (χ0v) is 24.2. The highest BCUT2D eigenvalue weighted by Gasteiger charge is 2.53. The summed E-state index contributed by atoms with van der Waals surface area (Å²) in [5, 5.41) is 16.0. The average Bonchev–Trinajstić information content (AvgIpc) is 3.77. The number of anilines is 1. The van der Waals surface area contributed by atoms with E-state index in [0.29, 0.717) is 32.5 Å². The van der Waals surface area contributed by atoms with Crippen LogP contribution in [-0.4, -0.2) is 83.5 Å². The lowest BCUT2D eigenvalue weighted by Crippen LogP contribution is -2.50. The van der Waals surface area contributed by atoms with E-state index in [-0.39, 0.29) is 11.6 Å². The van der Waals surface area contributed by atoms with Crippen LogP contribution < -0.4 is 16.2 Å². The molecule has 2 aromatic rings. The summed E-state index contributed by atoms with van der Waals surface area (Å²) in [5.41, 5.74) is 0.665. The van der Waals surface area contributed by atoms with Crippen LogP contribution in [0.5, 0.6) is 0 Å². The highest BCUT2D eigenvalue weighted by Crippen LogP contribution is 2.44. The molecule has 1 aliphatic heterocycles. The van der Waals surface area contributed by atoms with Crippen molar-refractivity contribution in [2.75, 3.05) is 45.3 Å². The lowest BCUT2D eigenvalue weighted by atomic mass is 10.1. The number of methoxy groups -OCH3 is 1. The molecule has 1 fully saturated rings. The predicted octanol–water partition coefficient (Wildman–Crippen LogP) is 3.01. The first-order chi connectivity index (χ1) is 19.8. The summed E-state index contributed by atoms with van der Waals surface area (Å²) in [6.45, 7) is 1.50. The molecule has 2 aromatic heterocycles. The van der Waals surface area contributed by atoms with Gasteiger partial charge in [0.25, 0.3) is 5.56 Å². The Kier molecular flexibility index (Phi) is 10.7. The number of ether oxygens (including phenoxy) is 1. The van der Waals surface area contributed by atoms with E-state index in [4.69, 9.17) is 21.3 Å². The molecule has 41 heavy (non-hydrogen) atoms. The minimum atomic E-state index is -1.18. The van der Waals surface area contributed by atoms with Crippen molar-refractivity contribution < 1.29 is 23.8 Å². The molecule has 0 radical (unpaired) electrons. The molecule has 1 aliphatic carbocycles. The monoisotopic (exact) mass is 591 g/mol. The summed E-state index contributed by atoms with van der Waals surface area (Å²) in [5.74, 6) is -0.755. The first kappa shape index (κ1) is 30.9. The predicted molar refractivity (Wildman–Crippen MR) is 154 cm³/mol. The quantitative estimate of drug-likeness (QED) is 0.201. The number of carboxylic acid groups (broad SMARTS) is 1. The van der Waals surface area contributed by atoms with E-state index < -0.39 is 41.8 Å². The number of carbonyl (C=O) groups is 2. The number of nitrogens with one attached hydrogen (secondary N) is 2. The van der Waals surface area contributed by atoms with E-state index in [2.05, 4.69) is 22.8 Å².